The number of hydrogen-bond donors (Lipinski definition) is 15. The van der Waals surface area contributed by atoms with Crippen molar-refractivity contribution in [3.05, 3.63) is 0 Å². The molecule has 3 aliphatic heterocycles. The molecule has 17 atom stereocenters. The van der Waals surface area contributed by atoms with Gasteiger partial charge in [0.1, 0.15) is 98.7 Å². The molecule has 0 aromatic heterocycles. The number of Topliss-reactive ketones (excluding diaryl/α,β-unsaturated/α-hetero) is 2. The number of aliphatic hydroxyl groups excluding tert-OH is 9. The van der Waals surface area contributed by atoms with Crippen LogP contribution >= 0.6 is 0 Å². The third-order valence-corrected chi connectivity index (χ3v) is 15.9. The third kappa shape index (κ3) is 37.0. The van der Waals surface area contributed by atoms with Gasteiger partial charge in [-0.25, -0.2) is 0 Å². The molecule has 102 heavy (non-hydrogen) atoms. The number of amides is 6. The van der Waals surface area contributed by atoms with Gasteiger partial charge < -0.3 is 149 Å². The highest BCUT2D eigenvalue weighted by molar-refractivity contribution is 5.93. The third-order valence-electron chi connectivity index (χ3n) is 15.9. The van der Waals surface area contributed by atoms with Crippen molar-refractivity contribution in [1.82, 2.24) is 31.9 Å². The lowest BCUT2D eigenvalue weighted by molar-refractivity contribution is -0.272. The number of aliphatic hydroxyl groups is 9. The lowest BCUT2D eigenvalue weighted by Crippen LogP contribution is -2.64. The summed E-state index contributed by atoms with van der Waals surface area (Å²) in [5.74, 6) is -4.41. The monoisotopic (exact) mass is 1480 g/mol. The van der Waals surface area contributed by atoms with Crippen molar-refractivity contribution >= 4 is 47.0 Å². The molecule has 0 aliphatic carbocycles. The maximum Gasteiger partial charge on any atom is 0.246 e. The Hall–Kier alpha value is -4.80. The Morgan fingerprint density at radius 2 is 0.676 bits per heavy atom. The average Bonchev–Trinajstić information content (AvgIpc) is 0.827. The zero-order valence-corrected chi connectivity index (χ0v) is 59.1. The number of nitrogens with one attached hydrogen (secondary N) is 6. The summed E-state index contributed by atoms with van der Waals surface area (Å²) in [5.41, 5.74) is 0. The zero-order chi connectivity index (χ0) is 75.2. The number of ether oxygens (including phenoxy) is 15. The molecule has 3 aliphatic rings. The molecular weight excluding hydrogens is 1360 g/mol. The van der Waals surface area contributed by atoms with Crippen LogP contribution < -0.4 is 31.9 Å². The van der Waals surface area contributed by atoms with Crippen molar-refractivity contribution in [2.24, 2.45) is 11.8 Å². The first-order chi connectivity index (χ1) is 48.9. The van der Waals surface area contributed by atoms with Crippen LogP contribution in [0.25, 0.3) is 0 Å². The van der Waals surface area contributed by atoms with Gasteiger partial charge in [0.05, 0.1) is 145 Å². The van der Waals surface area contributed by atoms with Crippen molar-refractivity contribution in [1.29, 1.82) is 0 Å². The van der Waals surface area contributed by atoms with E-state index in [0.717, 1.165) is 0 Å². The Labute approximate surface area is 593 Å². The molecule has 3 heterocycles. The molecule has 0 aromatic carbocycles. The van der Waals surface area contributed by atoms with Gasteiger partial charge in [-0.1, -0.05) is 20.3 Å². The number of ketones is 2. The summed E-state index contributed by atoms with van der Waals surface area (Å²) < 4.78 is 82.7. The highest BCUT2D eigenvalue weighted by atomic mass is 16.7. The summed E-state index contributed by atoms with van der Waals surface area (Å²) in [6.07, 6.45) is -13.4. The second kappa shape index (κ2) is 53.9. The molecule has 0 unspecified atom stereocenters. The van der Waals surface area contributed by atoms with E-state index in [-0.39, 0.29) is 176 Å². The number of carbonyl (C=O) groups is 8. The Bertz CT molecular complexity index is 2360. The van der Waals surface area contributed by atoms with Gasteiger partial charge in [-0.15, -0.1) is 0 Å². The van der Waals surface area contributed by atoms with Crippen LogP contribution in [0.3, 0.4) is 0 Å². The van der Waals surface area contributed by atoms with Gasteiger partial charge in [-0.05, 0) is 32.1 Å². The van der Waals surface area contributed by atoms with E-state index in [9.17, 15) is 84.3 Å². The van der Waals surface area contributed by atoms with Gasteiger partial charge in [0, 0.05) is 52.1 Å². The fraction of sp³-hybridized carbons (Fsp3) is 0.875. The summed E-state index contributed by atoms with van der Waals surface area (Å²) in [7, 11) is 0. The number of hydrogen-bond acceptors (Lipinski definition) is 32. The summed E-state index contributed by atoms with van der Waals surface area (Å²) in [4.78, 5) is 101. The first-order valence-electron chi connectivity index (χ1n) is 34.6. The van der Waals surface area contributed by atoms with Crippen molar-refractivity contribution in [2.75, 3.05) is 172 Å². The van der Waals surface area contributed by atoms with Crippen molar-refractivity contribution in [3.63, 3.8) is 0 Å². The van der Waals surface area contributed by atoms with E-state index in [0.29, 0.717) is 32.1 Å². The Kier molecular flexibility index (Phi) is 48.3. The lowest BCUT2D eigenvalue weighted by atomic mass is 9.85. The predicted octanol–water partition coefficient (Wildman–Crippen LogP) is -7.13. The summed E-state index contributed by atoms with van der Waals surface area (Å²) in [5, 5.41) is 106. The van der Waals surface area contributed by atoms with Crippen molar-refractivity contribution in [2.45, 2.75) is 178 Å². The smallest absolute Gasteiger partial charge is 0.246 e. The molecule has 38 heteroatoms. The van der Waals surface area contributed by atoms with E-state index in [1.54, 1.807) is 13.8 Å². The average molecular weight is 1480 g/mol. The minimum absolute atomic E-state index is 0.00257. The summed E-state index contributed by atoms with van der Waals surface area (Å²) >= 11 is 0. The molecular formula is C64H114N6O32. The van der Waals surface area contributed by atoms with E-state index < -0.39 is 166 Å². The van der Waals surface area contributed by atoms with Crippen LogP contribution in [0.1, 0.15) is 79.6 Å². The predicted molar refractivity (Wildman–Crippen MR) is 350 cm³/mol. The molecule has 15 N–H and O–H groups in total. The van der Waals surface area contributed by atoms with Crippen LogP contribution in [-0.4, -0.2) is 363 Å². The van der Waals surface area contributed by atoms with Gasteiger partial charge in [0.25, 0.3) is 0 Å². The maximum absolute atomic E-state index is 14.1. The van der Waals surface area contributed by atoms with E-state index in [2.05, 4.69) is 31.9 Å². The summed E-state index contributed by atoms with van der Waals surface area (Å²) in [6, 6.07) is -4.26. The number of carbonyl (C=O) groups excluding carboxylic acids is 8. The minimum atomic E-state index is -1.46. The minimum Gasteiger partial charge on any atom is -0.394 e. The Morgan fingerprint density at radius 3 is 0.980 bits per heavy atom. The molecule has 0 aromatic rings. The quantitative estimate of drug-likeness (QED) is 0.0252. The van der Waals surface area contributed by atoms with Crippen molar-refractivity contribution < 1.29 is 155 Å². The standard InChI is InChI=1S/C64H114N6O32/c1-39(2)55(81)43(10-6-8-12-65-49(78)36-94-23-20-88-14-17-91-26-29-97-62-52(67-40(3)74)59(85)56(82)46(33-71)100-62)32-45(77)44(70-51(80)38-96-25-22-90-16-19-93-28-31-99-64-54(69-42(5)76)61(87)58(84)48(35-73)102-64)11-7-9-13-66-50(79)37-95-24-21-89-15-18-92-27-30-98-63-53(68-41(4)75)60(86)57(83)47(34-72)101-63/h39,43-44,46-48,52-54,56-64,71-73,82-87H,6-38H2,1-5H3,(H,65,78)(H,66,79)(H,67,74)(H,68,75)(H,69,76)(H,70,80)/t43-,44-,46+,47+,48+,52+,53+,54+,56-,57-,58-,59+,60+,61+,62+,63+,64+/m0/s1. The Balaban J connectivity index is 1.38. The lowest BCUT2D eigenvalue weighted by Gasteiger charge is -2.42. The van der Waals surface area contributed by atoms with Gasteiger partial charge in [0.15, 0.2) is 24.7 Å². The SMILES string of the molecule is CC(=O)N[C@H]1[C@H](OCCOCCOCCOCC(=O)NCCCC[C@@H](CC(=O)[C@H](CCCCNC(=O)COCCOCCOCCO[C@@H]2O[C@H](CO)[C@H](O)[C@H](O)[C@H]2NC(C)=O)NC(=O)COCCOCCOCCO[C@@H]2O[C@H](CO)[C@H](O)[C@H](O)[C@H]2NC(C)=O)C(=O)C(C)C)O[C@H](CO)[C@H](O)[C@@H]1O. The van der Waals surface area contributed by atoms with Crippen LogP contribution in [0.4, 0.5) is 0 Å². The fourth-order valence-corrected chi connectivity index (χ4v) is 10.6. The number of unbranched alkanes of at least 4 members (excludes halogenated alkanes) is 2. The van der Waals surface area contributed by atoms with Crippen LogP contribution in [0.15, 0.2) is 0 Å². The highest BCUT2D eigenvalue weighted by Gasteiger charge is 2.48. The van der Waals surface area contributed by atoms with Gasteiger partial charge in [-0.3, -0.25) is 38.4 Å². The van der Waals surface area contributed by atoms with E-state index in [4.69, 9.17) is 71.1 Å². The second-order valence-electron chi connectivity index (χ2n) is 24.5. The van der Waals surface area contributed by atoms with Crippen LogP contribution in [0.5, 0.6) is 0 Å². The molecule has 3 rings (SSSR count). The maximum atomic E-state index is 14.1. The molecule has 3 fully saturated rings. The van der Waals surface area contributed by atoms with E-state index in [1.165, 1.54) is 20.8 Å². The second-order valence-corrected chi connectivity index (χ2v) is 24.5. The normalized spacial score (nSPS) is 25.7. The summed E-state index contributed by atoms with van der Waals surface area (Å²) in [6.45, 7) is 6.79. The van der Waals surface area contributed by atoms with Crippen LogP contribution in [0.2, 0.25) is 0 Å². The Morgan fingerprint density at radius 1 is 0.382 bits per heavy atom. The van der Waals surface area contributed by atoms with Gasteiger partial charge in [0.2, 0.25) is 35.4 Å². The van der Waals surface area contributed by atoms with E-state index in [1.807, 2.05) is 0 Å². The van der Waals surface area contributed by atoms with Gasteiger partial charge >= 0.3 is 0 Å². The molecule has 3 saturated heterocycles. The zero-order valence-electron chi connectivity index (χ0n) is 59.1. The van der Waals surface area contributed by atoms with Crippen molar-refractivity contribution in [3.8, 4) is 0 Å². The van der Waals surface area contributed by atoms with Crippen LogP contribution in [-0.2, 0) is 109 Å². The molecule has 0 bridgehead atoms. The molecule has 0 saturated carbocycles. The molecule has 592 valence electrons. The topological polar surface area (TPSA) is 529 Å². The molecule has 0 spiro atoms. The fourth-order valence-electron chi connectivity index (χ4n) is 10.6. The van der Waals surface area contributed by atoms with Gasteiger partial charge in [-0.2, -0.15) is 0 Å². The highest BCUT2D eigenvalue weighted by Crippen LogP contribution is 2.26. The molecule has 6 amide bonds. The molecule has 38 nitrogen and oxygen atoms in total. The first-order valence-corrected chi connectivity index (χ1v) is 34.6. The van der Waals surface area contributed by atoms with E-state index >= 15 is 0 Å². The van der Waals surface area contributed by atoms with Crippen LogP contribution in [0, 0.1) is 11.8 Å². The number of rotatable bonds is 58. The first kappa shape index (κ1) is 91.4. The largest absolute Gasteiger partial charge is 0.394 e. The molecule has 0 radical (unpaired) electrons.